The van der Waals surface area contributed by atoms with E-state index in [0.717, 1.165) is 36.1 Å². The van der Waals surface area contributed by atoms with Crippen molar-refractivity contribution in [3.8, 4) is 0 Å². The van der Waals surface area contributed by atoms with Crippen molar-refractivity contribution < 1.29 is 31.9 Å². The quantitative estimate of drug-likeness (QED) is 0.334. The highest BCUT2D eigenvalue weighted by Gasteiger charge is 2.48. The lowest BCUT2D eigenvalue weighted by Crippen LogP contribution is -2.50. The summed E-state index contributed by atoms with van der Waals surface area (Å²) in [6.45, 7) is 5.56. The van der Waals surface area contributed by atoms with E-state index in [4.69, 9.17) is 0 Å². The molecule has 0 radical (unpaired) electrons. The van der Waals surface area contributed by atoms with Gasteiger partial charge < -0.3 is 10.4 Å². The Morgan fingerprint density at radius 1 is 1.10 bits per heavy atom. The van der Waals surface area contributed by atoms with E-state index < -0.39 is 48.1 Å². The maximum Gasteiger partial charge on any atom is 0.416 e. The van der Waals surface area contributed by atoms with Gasteiger partial charge in [-0.2, -0.15) is 13.2 Å². The van der Waals surface area contributed by atoms with E-state index in [9.17, 15) is 31.9 Å². The Hall–Kier alpha value is -3.00. The summed E-state index contributed by atoms with van der Waals surface area (Å²) >= 11 is 0. The van der Waals surface area contributed by atoms with Crippen LogP contribution in [0.3, 0.4) is 0 Å². The fourth-order valence-corrected chi connectivity index (χ4v) is 5.76. The highest BCUT2D eigenvalue weighted by molar-refractivity contribution is 5.96. The number of hydrogen-bond acceptors (Lipinski definition) is 2. The topological polar surface area (TPSA) is 49.3 Å². The van der Waals surface area contributed by atoms with Crippen LogP contribution >= 0.6 is 0 Å². The third kappa shape index (κ3) is 6.48. The number of alkyl halides is 5. The second-order valence-corrected chi connectivity index (χ2v) is 11.3. The van der Waals surface area contributed by atoms with Crippen LogP contribution in [-0.2, 0) is 6.18 Å². The minimum Gasteiger partial charge on any atom is -0.387 e. The summed E-state index contributed by atoms with van der Waals surface area (Å²) in [4.78, 5) is 13.4. The van der Waals surface area contributed by atoms with Crippen molar-refractivity contribution in [1.29, 1.82) is 0 Å². The van der Waals surface area contributed by atoms with Crippen LogP contribution in [0.5, 0.6) is 0 Å². The molecule has 0 aliphatic heterocycles. The standard InChI is InChI=1S/C32H36F5NO2/c1-4-20(2)22-8-5-9-23(18-22)24-10-6-11-25(19-24)28(30(40)14-16-31(33,34)17-15-30)38-29(39)26-12-7-13-27(21(26)3)32(35,36)37/h5-7,9-13,18-20,22,28,40H,4,8,14-17H2,1-3H3,(H,38,39)/t20-,22?,28?/m1/s1. The predicted octanol–water partition coefficient (Wildman–Crippen LogP) is 8.43. The minimum absolute atomic E-state index is 0.185. The molecule has 2 aliphatic rings. The molecule has 1 saturated carbocycles. The van der Waals surface area contributed by atoms with Gasteiger partial charge >= 0.3 is 6.18 Å². The number of rotatable bonds is 7. The van der Waals surface area contributed by atoms with Gasteiger partial charge in [-0.15, -0.1) is 0 Å². The molecular weight excluding hydrogens is 525 g/mol. The van der Waals surface area contributed by atoms with Crippen LogP contribution in [0.2, 0.25) is 0 Å². The highest BCUT2D eigenvalue weighted by atomic mass is 19.4. The second kappa shape index (κ2) is 11.5. The molecule has 3 nitrogen and oxygen atoms in total. The zero-order chi connectivity index (χ0) is 29.3. The molecule has 216 valence electrons. The molecule has 8 heteroatoms. The van der Waals surface area contributed by atoms with E-state index in [-0.39, 0.29) is 24.0 Å². The Labute approximate surface area is 232 Å². The Balaban J connectivity index is 1.72. The molecule has 0 spiro atoms. The van der Waals surface area contributed by atoms with Crippen molar-refractivity contribution in [1.82, 2.24) is 5.32 Å². The van der Waals surface area contributed by atoms with Gasteiger partial charge in [-0.25, -0.2) is 8.78 Å². The number of aliphatic hydroxyl groups is 1. The molecule has 2 aromatic rings. The van der Waals surface area contributed by atoms with Crippen molar-refractivity contribution in [2.75, 3.05) is 0 Å². The monoisotopic (exact) mass is 561 g/mol. The van der Waals surface area contributed by atoms with Gasteiger partial charge in [-0.3, -0.25) is 4.79 Å². The molecule has 2 aliphatic carbocycles. The summed E-state index contributed by atoms with van der Waals surface area (Å²) in [7, 11) is 0. The van der Waals surface area contributed by atoms with Crippen LogP contribution in [0.1, 0.15) is 91.0 Å². The zero-order valence-electron chi connectivity index (χ0n) is 23.0. The van der Waals surface area contributed by atoms with Crippen molar-refractivity contribution >= 4 is 11.5 Å². The lowest BCUT2D eigenvalue weighted by molar-refractivity contribution is -0.138. The smallest absolute Gasteiger partial charge is 0.387 e. The van der Waals surface area contributed by atoms with Crippen LogP contribution in [-0.4, -0.2) is 22.5 Å². The van der Waals surface area contributed by atoms with Gasteiger partial charge in [0.25, 0.3) is 5.91 Å². The van der Waals surface area contributed by atoms with Crippen molar-refractivity contribution in [3.05, 3.63) is 88.5 Å². The maximum absolute atomic E-state index is 14.1. The Kier molecular flexibility index (Phi) is 8.60. The van der Waals surface area contributed by atoms with Gasteiger partial charge in [-0.05, 0) is 78.5 Å². The minimum atomic E-state index is -4.64. The third-order valence-electron chi connectivity index (χ3n) is 8.57. The lowest BCUT2D eigenvalue weighted by Gasteiger charge is -2.42. The fourth-order valence-electron chi connectivity index (χ4n) is 5.76. The summed E-state index contributed by atoms with van der Waals surface area (Å²) in [5.41, 5.74) is -0.724. The van der Waals surface area contributed by atoms with Crippen LogP contribution in [0.15, 0.2) is 60.7 Å². The van der Waals surface area contributed by atoms with Gasteiger partial charge in [0.1, 0.15) is 0 Å². The van der Waals surface area contributed by atoms with Gasteiger partial charge in [0, 0.05) is 18.4 Å². The summed E-state index contributed by atoms with van der Waals surface area (Å²) in [5, 5.41) is 14.4. The Morgan fingerprint density at radius 2 is 1.77 bits per heavy atom. The van der Waals surface area contributed by atoms with Gasteiger partial charge in [0.2, 0.25) is 5.92 Å². The normalized spacial score (nSPS) is 21.8. The zero-order valence-corrected chi connectivity index (χ0v) is 23.0. The number of nitrogens with one attached hydrogen (secondary N) is 1. The van der Waals surface area contributed by atoms with E-state index in [1.807, 2.05) is 18.2 Å². The summed E-state index contributed by atoms with van der Waals surface area (Å²) < 4.78 is 68.7. The average molecular weight is 562 g/mol. The molecule has 0 heterocycles. The molecule has 4 rings (SSSR count). The van der Waals surface area contributed by atoms with Gasteiger partial charge in [0.15, 0.2) is 0 Å². The van der Waals surface area contributed by atoms with E-state index in [1.54, 1.807) is 12.1 Å². The fraction of sp³-hybridized carbons (Fsp3) is 0.469. The van der Waals surface area contributed by atoms with Crippen LogP contribution in [0.25, 0.3) is 5.57 Å². The van der Waals surface area contributed by atoms with Crippen LogP contribution < -0.4 is 5.32 Å². The van der Waals surface area contributed by atoms with E-state index >= 15 is 0 Å². The number of amides is 1. The first-order chi connectivity index (χ1) is 18.7. The van der Waals surface area contributed by atoms with Crippen molar-refractivity contribution in [2.45, 2.75) is 83.0 Å². The molecule has 3 atom stereocenters. The molecule has 1 amide bonds. The first kappa shape index (κ1) is 30.0. The molecule has 2 aromatic carbocycles. The molecule has 40 heavy (non-hydrogen) atoms. The maximum atomic E-state index is 14.1. The molecular formula is C32H36F5NO2. The first-order valence-electron chi connectivity index (χ1n) is 13.8. The molecule has 0 aromatic heterocycles. The van der Waals surface area contributed by atoms with E-state index in [0.29, 0.717) is 17.4 Å². The predicted molar refractivity (Wildman–Crippen MR) is 146 cm³/mol. The number of allylic oxidation sites excluding steroid dienone is 4. The molecule has 0 bridgehead atoms. The van der Waals surface area contributed by atoms with Crippen LogP contribution in [0, 0.1) is 18.8 Å². The van der Waals surface area contributed by atoms with Crippen molar-refractivity contribution in [2.24, 2.45) is 11.8 Å². The Bertz CT molecular complexity index is 1290. The number of carbonyl (C=O) groups is 1. The van der Waals surface area contributed by atoms with Gasteiger partial charge in [0.05, 0.1) is 17.2 Å². The number of halogens is 5. The number of carbonyl (C=O) groups excluding carboxylic acids is 1. The summed E-state index contributed by atoms with van der Waals surface area (Å²) in [5.74, 6) is -2.89. The number of benzene rings is 2. The second-order valence-electron chi connectivity index (χ2n) is 11.3. The highest BCUT2D eigenvalue weighted by Crippen LogP contribution is 2.45. The van der Waals surface area contributed by atoms with E-state index in [1.165, 1.54) is 13.0 Å². The lowest BCUT2D eigenvalue weighted by atomic mass is 9.75. The Morgan fingerprint density at radius 3 is 2.42 bits per heavy atom. The number of hydrogen-bond donors (Lipinski definition) is 2. The molecule has 2 N–H and O–H groups in total. The first-order valence-corrected chi connectivity index (χ1v) is 13.8. The summed E-state index contributed by atoms with van der Waals surface area (Å²) in [6, 6.07) is 9.46. The molecule has 2 unspecified atom stereocenters. The average Bonchev–Trinajstić information content (AvgIpc) is 2.92. The van der Waals surface area contributed by atoms with E-state index in [2.05, 4.69) is 31.3 Å². The molecule has 0 saturated heterocycles. The van der Waals surface area contributed by atoms with Crippen LogP contribution in [0.4, 0.5) is 22.0 Å². The summed E-state index contributed by atoms with van der Waals surface area (Å²) in [6.07, 6.45) is 2.03. The third-order valence-corrected chi connectivity index (χ3v) is 8.57. The van der Waals surface area contributed by atoms with Crippen molar-refractivity contribution in [3.63, 3.8) is 0 Å². The van der Waals surface area contributed by atoms with Gasteiger partial charge in [-0.1, -0.05) is 62.8 Å². The SMILES string of the molecule is CC[C@@H](C)C1C=C(c2cccc(C(NC(=O)c3cccc(C(F)(F)F)c3C)C3(O)CCC(F)(F)CC3)c2)C=CC1. The molecule has 1 fully saturated rings. The largest absolute Gasteiger partial charge is 0.416 e.